The van der Waals surface area contributed by atoms with E-state index >= 15 is 0 Å². The molecule has 22 heavy (non-hydrogen) atoms. The monoisotopic (exact) mass is 329 g/mol. The van der Waals surface area contributed by atoms with Crippen LogP contribution >= 0.6 is 11.3 Å². The number of hydrogen-bond donors (Lipinski definition) is 1. The lowest BCUT2D eigenvalue weighted by atomic mass is 10.2. The van der Waals surface area contributed by atoms with E-state index in [1.165, 1.54) is 0 Å². The van der Waals surface area contributed by atoms with Crippen molar-refractivity contribution in [2.24, 2.45) is 0 Å². The summed E-state index contributed by atoms with van der Waals surface area (Å²) in [5.41, 5.74) is 2.34. The Morgan fingerprint density at radius 1 is 1.45 bits per heavy atom. The van der Waals surface area contributed by atoms with Gasteiger partial charge < -0.3 is 19.7 Å². The molecule has 1 amide bonds. The topological polar surface area (TPSA) is 63.7 Å². The highest BCUT2D eigenvalue weighted by molar-refractivity contribution is 7.07. The summed E-state index contributed by atoms with van der Waals surface area (Å²) < 4.78 is 10.5. The van der Waals surface area contributed by atoms with Gasteiger partial charge in [-0.2, -0.15) is 0 Å². The average Bonchev–Trinajstić information content (AvgIpc) is 2.94. The molecule has 1 unspecified atom stereocenters. The zero-order chi connectivity index (χ0) is 16.6. The molecule has 0 aliphatic rings. The molecule has 1 aromatic rings. The van der Waals surface area contributed by atoms with Gasteiger partial charge in [0.15, 0.2) is 0 Å². The van der Waals surface area contributed by atoms with Crippen LogP contribution in [0.1, 0.15) is 39.4 Å². The van der Waals surface area contributed by atoms with Gasteiger partial charge in [0.1, 0.15) is 5.60 Å². The molecule has 1 heterocycles. The normalized spacial score (nSPS) is 13.0. The van der Waals surface area contributed by atoms with Crippen molar-refractivity contribution >= 4 is 17.4 Å². The molecular weight excluding hydrogens is 302 g/mol. The van der Waals surface area contributed by atoms with Crippen molar-refractivity contribution in [2.45, 2.75) is 39.3 Å². The summed E-state index contributed by atoms with van der Waals surface area (Å²) >= 11 is 1.58. The Morgan fingerprint density at radius 3 is 2.73 bits per heavy atom. The maximum Gasteiger partial charge on any atom is 0.410 e. The van der Waals surface area contributed by atoms with Gasteiger partial charge in [-0.15, -0.1) is 11.3 Å². The number of hydrogen-bond acceptors (Lipinski definition) is 6. The lowest BCUT2D eigenvalue weighted by molar-refractivity contribution is 0.0203. The fourth-order valence-corrected chi connectivity index (χ4v) is 2.43. The Morgan fingerprint density at radius 2 is 2.18 bits per heavy atom. The second-order valence-electron chi connectivity index (χ2n) is 6.05. The number of methoxy groups -OCH3 is 1. The summed E-state index contributed by atoms with van der Waals surface area (Å²) in [6.07, 6.45) is -0.312. The molecule has 0 saturated carbocycles. The molecule has 1 N–H and O–H groups in total. The van der Waals surface area contributed by atoms with E-state index in [2.05, 4.69) is 17.2 Å². The minimum absolute atomic E-state index is 0.161. The van der Waals surface area contributed by atoms with E-state index in [9.17, 15) is 4.79 Å². The fraction of sp³-hybridized carbons (Fsp3) is 0.733. The number of nitrogens with zero attached hydrogens (tertiary/aromatic N) is 2. The highest BCUT2D eigenvalue weighted by Gasteiger charge is 2.21. The Hall–Kier alpha value is -1.18. The van der Waals surface area contributed by atoms with Crippen molar-refractivity contribution in [3.8, 4) is 0 Å². The van der Waals surface area contributed by atoms with Crippen molar-refractivity contribution in [3.63, 3.8) is 0 Å². The Balaban J connectivity index is 2.45. The number of carbonyl (C=O) groups excluding carboxylic acids is 1. The number of rotatable bonds is 8. The number of thiazole rings is 1. The molecule has 6 nitrogen and oxygen atoms in total. The van der Waals surface area contributed by atoms with E-state index in [4.69, 9.17) is 9.47 Å². The van der Waals surface area contributed by atoms with E-state index in [0.717, 1.165) is 5.69 Å². The van der Waals surface area contributed by atoms with E-state index in [0.29, 0.717) is 26.2 Å². The van der Waals surface area contributed by atoms with Gasteiger partial charge in [-0.05, 0) is 27.7 Å². The van der Waals surface area contributed by atoms with Crippen LogP contribution in [0.15, 0.2) is 10.9 Å². The van der Waals surface area contributed by atoms with Gasteiger partial charge in [-0.25, -0.2) is 9.78 Å². The first-order valence-corrected chi connectivity index (χ1v) is 8.36. The Bertz CT molecular complexity index is 432. The van der Waals surface area contributed by atoms with Crippen LogP contribution in [0.4, 0.5) is 4.79 Å². The minimum Gasteiger partial charge on any atom is -0.444 e. The van der Waals surface area contributed by atoms with Crippen molar-refractivity contribution in [3.05, 3.63) is 16.6 Å². The standard InChI is InChI=1S/C15H27N3O3S/c1-12(13-10-22-11-17-13)16-6-7-18(8-9-20-5)14(19)21-15(2,3)4/h10-12,16H,6-9H2,1-5H3. The van der Waals surface area contributed by atoms with Crippen molar-refractivity contribution in [1.29, 1.82) is 0 Å². The van der Waals surface area contributed by atoms with Crippen LogP contribution in [0.2, 0.25) is 0 Å². The van der Waals surface area contributed by atoms with E-state index in [-0.39, 0.29) is 12.1 Å². The third-order valence-corrected chi connectivity index (χ3v) is 3.55. The molecule has 0 bridgehead atoms. The second kappa shape index (κ2) is 9.07. The Labute approximate surface area is 136 Å². The molecule has 0 spiro atoms. The summed E-state index contributed by atoms with van der Waals surface area (Å²) in [4.78, 5) is 18.1. The van der Waals surface area contributed by atoms with Gasteiger partial charge in [-0.3, -0.25) is 0 Å². The molecule has 0 radical (unpaired) electrons. The summed E-state index contributed by atoms with van der Waals surface area (Å²) in [5, 5.41) is 5.39. The van der Waals surface area contributed by atoms with Crippen LogP contribution in [0.3, 0.4) is 0 Å². The highest BCUT2D eigenvalue weighted by atomic mass is 32.1. The van der Waals surface area contributed by atoms with Gasteiger partial charge in [-0.1, -0.05) is 0 Å². The van der Waals surface area contributed by atoms with E-state index < -0.39 is 5.60 Å². The highest BCUT2D eigenvalue weighted by Crippen LogP contribution is 2.12. The average molecular weight is 329 g/mol. The summed E-state index contributed by atoms with van der Waals surface area (Å²) in [6.45, 7) is 9.88. The molecule has 0 saturated heterocycles. The van der Waals surface area contributed by atoms with Crippen LogP contribution in [0, 0.1) is 0 Å². The number of amides is 1. The number of ether oxygens (including phenoxy) is 2. The molecule has 0 aliphatic carbocycles. The summed E-state index contributed by atoms with van der Waals surface area (Å²) in [5.74, 6) is 0. The second-order valence-corrected chi connectivity index (χ2v) is 6.77. The molecule has 126 valence electrons. The molecule has 7 heteroatoms. The minimum atomic E-state index is -0.496. The van der Waals surface area contributed by atoms with Crippen LogP contribution in [0.5, 0.6) is 0 Å². The molecule has 1 rings (SSSR count). The van der Waals surface area contributed by atoms with Crippen LogP contribution in [-0.4, -0.2) is 54.9 Å². The summed E-state index contributed by atoms with van der Waals surface area (Å²) in [6, 6.07) is 0.161. The van der Waals surface area contributed by atoms with Crippen molar-refractivity contribution in [2.75, 3.05) is 33.4 Å². The van der Waals surface area contributed by atoms with Crippen molar-refractivity contribution < 1.29 is 14.3 Å². The first-order chi connectivity index (χ1) is 10.3. The summed E-state index contributed by atoms with van der Waals surface area (Å²) in [7, 11) is 1.62. The molecule has 0 aliphatic heterocycles. The van der Waals surface area contributed by atoms with Crippen molar-refractivity contribution in [1.82, 2.24) is 15.2 Å². The largest absolute Gasteiger partial charge is 0.444 e. The number of nitrogens with one attached hydrogen (secondary N) is 1. The number of carbonyl (C=O) groups is 1. The Kier molecular flexibility index (Phi) is 7.78. The molecular formula is C15H27N3O3S. The van der Waals surface area contributed by atoms with Gasteiger partial charge in [0, 0.05) is 38.2 Å². The van der Waals surface area contributed by atoms with Crippen LogP contribution in [-0.2, 0) is 9.47 Å². The fourth-order valence-electron chi connectivity index (χ4n) is 1.78. The molecule has 1 aromatic heterocycles. The smallest absolute Gasteiger partial charge is 0.410 e. The SMILES string of the molecule is COCCN(CCNC(C)c1cscn1)C(=O)OC(C)(C)C. The lowest BCUT2D eigenvalue weighted by Gasteiger charge is -2.27. The van der Waals surface area contributed by atoms with Gasteiger partial charge >= 0.3 is 6.09 Å². The maximum absolute atomic E-state index is 12.2. The third-order valence-electron chi connectivity index (χ3n) is 2.94. The van der Waals surface area contributed by atoms with E-state index in [1.807, 2.05) is 31.7 Å². The third kappa shape index (κ3) is 7.20. The lowest BCUT2D eigenvalue weighted by Crippen LogP contribution is -2.42. The van der Waals surface area contributed by atoms with Gasteiger partial charge in [0.25, 0.3) is 0 Å². The first kappa shape index (κ1) is 18.9. The van der Waals surface area contributed by atoms with Gasteiger partial charge in [0.2, 0.25) is 0 Å². The maximum atomic E-state index is 12.2. The zero-order valence-corrected chi connectivity index (χ0v) is 14.9. The molecule has 1 atom stereocenters. The molecule has 0 aromatic carbocycles. The van der Waals surface area contributed by atoms with Crippen LogP contribution in [0.25, 0.3) is 0 Å². The quantitative estimate of drug-likeness (QED) is 0.794. The van der Waals surface area contributed by atoms with Crippen LogP contribution < -0.4 is 5.32 Å². The molecule has 0 fully saturated rings. The first-order valence-electron chi connectivity index (χ1n) is 7.42. The predicted molar refractivity (Wildman–Crippen MR) is 88.2 cm³/mol. The predicted octanol–water partition coefficient (Wildman–Crippen LogP) is 2.68. The van der Waals surface area contributed by atoms with E-state index in [1.54, 1.807) is 23.3 Å². The zero-order valence-electron chi connectivity index (χ0n) is 14.1. The van der Waals surface area contributed by atoms with Gasteiger partial charge in [0.05, 0.1) is 17.8 Å². The number of aromatic nitrogens is 1.